The van der Waals surface area contributed by atoms with E-state index in [1.54, 1.807) is 0 Å². The van der Waals surface area contributed by atoms with E-state index in [1.807, 2.05) is 0 Å². The topological polar surface area (TPSA) is 237 Å². The van der Waals surface area contributed by atoms with Gasteiger partial charge in [0.15, 0.2) is 12.2 Å². The maximum Gasteiger partial charge on any atom is 0.472 e. The Labute approximate surface area is 588 Å². The van der Waals surface area contributed by atoms with Gasteiger partial charge in [-0.2, -0.15) is 0 Å². The fraction of sp³-hybridized carbons (Fsp3) is 0.948. The first kappa shape index (κ1) is 94.1. The van der Waals surface area contributed by atoms with Gasteiger partial charge in [0, 0.05) is 25.7 Å². The van der Waals surface area contributed by atoms with E-state index in [4.69, 9.17) is 37.0 Å². The summed E-state index contributed by atoms with van der Waals surface area (Å²) in [4.78, 5) is 72.5. The summed E-state index contributed by atoms with van der Waals surface area (Å²) in [5.41, 5.74) is 0. The van der Waals surface area contributed by atoms with Gasteiger partial charge < -0.3 is 33.8 Å². The van der Waals surface area contributed by atoms with Crippen molar-refractivity contribution in [2.24, 2.45) is 17.8 Å². The van der Waals surface area contributed by atoms with E-state index in [9.17, 15) is 43.2 Å². The fourth-order valence-electron chi connectivity index (χ4n) is 11.7. The Morgan fingerprint density at radius 1 is 0.302 bits per heavy atom. The van der Waals surface area contributed by atoms with Crippen molar-refractivity contribution in [3.05, 3.63) is 0 Å². The molecule has 96 heavy (non-hydrogen) atoms. The van der Waals surface area contributed by atoms with E-state index in [0.29, 0.717) is 25.7 Å². The zero-order chi connectivity index (χ0) is 70.9. The van der Waals surface area contributed by atoms with Crippen LogP contribution >= 0.6 is 15.6 Å². The molecule has 0 saturated carbocycles. The van der Waals surface area contributed by atoms with Gasteiger partial charge in [-0.25, -0.2) is 9.13 Å². The van der Waals surface area contributed by atoms with E-state index in [0.717, 1.165) is 114 Å². The number of aliphatic hydroxyl groups excluding tert-OH is 1. The Bertz CT molecular complexity index is 1870. The summed E-state index contributed by atoms with van der Waals surface area (Å²) in [6, 6.07) is 0. The lowest BCUT2D eigenvalue weighted by Gasteiger charge is -2.21. The van der Waals surface area contributed by atoms with Gasteiger partial charge in [-0.15, -0.1) is 0 Å². The molecule has 0 rings (SSSR count). The highest BCUT2D eigenvalue weighted by Crippen LogP contribution is 2.45. The number of carbonyl (C=O) groups excluding carboxylic acids is 4. The van der Waals surface area contributed by atoms with E-state index in [-0.39, 0.29) is 25.7 Å². The third-order valence-electron chi connectivity index (χ3n) is 18.2. The number of phosphoric acid groups is 2. The summed E-state index contributed by atoms with van der Waals surface area (Å²) < 4.78 is 68.3. The maximum atomic E-state index is 13.1. The molecule has 0 aliphatic heterocycles. The number of ether oxygens (including phenoxy) is 4. The zero-order valence-electron chi connectivity index (χ0n) is 62.8. The highest BCUT2D eigenvalue weighted by atomic mass is 31.2. The molecule has 0 heterocycles. The molecule has 0 radical (unpaired) electrons. The van der Waals surface area contributed by atoms with Crippen LogP contribution in [0.15, 0.2) is 0 Å². The number of esters is 4. The van der Waals surface area contributed by atoms with Crippen LogP contribution in [0, 0.1) is 17.8 Å². The molecule has 0 spiro atoms. The summed E-state index contributed by atoms with van der Waals surface area (Å²) in [7, 11) is -9.90. The number of phosphoric ester groups is 2. The van der Waals surface area contributed by atoms with Crippen molar-refractivity contribution < 1.29 is 80.2 Å². The molecule has 6 atom stereocenters. The van der Waals surface area contributed by atoms with Gasteiger partial charge in [0.05, 0.1) is 26.4 Å². The van der Waals surface area contributed by atoms with Crippen molar-refractivity contribution in [3.8, 4) is 0 Å². The Kier molecular flexibility index (Phi) is 66.2. The van der Waals surface area contributed by atoms with Crippen LogP contribution in [0.5, 0.6) is 0 Å². The molecule has 0 fully saturated rings. The van der Waals surface area contributed by atoms with Crippen molar-refractivity contribution in [1.82, 2.24) is 0 Å². The molecular weight excluding hydrogens is 1260 g/mol. The van der Waals surface area contributed by atoms with Crippen LogP contribution in [0.3, 0.4) is 0 Å². The second kappa shape index (κ2) is 67.5. The number of rotatable bonds is 75. The zero-order valence-corrected chi connectivity index (χ0v) is 64.6. The summed E-state index contributed by atoms with van der Waals surface area (Å²) in [5, 5.41) is 10.6. The average Bonchev–Trinajstić information content (AvgIpc) is 1.78. The molecule has 0 aliphatic rings. The van der Waals surface area contributed by atoms with Gasteiger partial charge >= 0.3 is 39.5 Å². The van der Waals surface area contributed by atoms with Crippen LogP contribution in [-0.4, -0.2) is 96.7 Å². The monoisotopic (exact) mass is 1410 g/mol. The minimum Gasteiger partial charge on any atom is -0.462 e. The van der Waals surface area contributed by atoms with Crippen LogP contribution in [0.25, 0.3) is 0 Å². The first-order valence-electron chi connectivity index (χ1n) is 39.9. The predicted octanol–water partition coefficient (Wildman–Crippen LogP) is 22.6. The molecule has 3 unspecified atom stereocenters. The van der Waals surface area contributed by atoms with Crippen molar-refractivity contribution >= 4 is 39.5 Å². The first-order valence-corrected chi connectivity index (χ1v) is 42.9. The lowest BCUT2D eigenvalue weighted by atomic mass is 9.99. The van der Waals surface area contributed by atoms with Gasteiger partial charge in [-0.1, -0.05) is 344 Å². The Morgan fingerprint density at radius 3 is 0.792 bits per heavy atom. The number of hydrogen-bond donors (Lipinski definition) is 3. The SMILES string of the molecule is CCCCCCCC(=O)OC[C@H](COP(=O)(O)OC[C@H](O)COP(=O)(O)OC[C@@H](COC(=O)CCCCCCCCCCCCCCCCCC(C)C)OC(=O)CCCCCCCCCCCCCCCCCCCCC(C)CC)OC(=O)CCCCCCCCCCC(C)C. The van der Waals surface area contributed by atoms with Crippen LogP contribution in [0.4, 0.5) is 0 Å². The molecule has 0 aromatic carbocycles. The standard InChI is InChI=1S/C77H150O17P2/c1-8-10-11-41-51-58-74(79)87-64-72(93-77(82)61-54-47-40-34-33-36-43-49-56-69(5)6)66-91-95(83,84)89-62-71(78)63-90-96(85,86)92-67-73(65-88-75(80)59-52-45-38-31-27-23-20-16-17-21-25-29-35-42-48-55-68(3)4)94-76(81)60-53-46-39-32-28-24-19-15-13-12-14-18-22-26-30-37-44-50-57-70(7)9-2/h68-73,78H,8-67H2,1-7H3,(H,83,84)(H,85,86)/t70?,71-,72+,73+/m0/s1. The van der Waals surface area contributed by atoms with Crippen molar-refractivity contribution in [2.75, 3.05) is 39.6 Å². The minimum atomic E-state index is -4.96. The second-order valence-corrected chi connectivity index (χ2v) is 31.8. The van der Waals surface area contributed by atoms with Gasteiger partial charge in [-0.3, -0.25) is 37.3 Å². The molecule has 0 aliphatic carbocycles. The smallest absolute Gasteiger partial charge is 0.462 e. The molecule has 0 aromatic heterocycles. The van der Waals surface area contributed by atoms with Crippen LogP contribution < -0.4 is 0 Å². The highest BCUT2D eigenvalue weighted by Gasteiger charge is 2.30. The molecule has 0 bridgehead atoms. The van der Waals surface area contributed by atoms with E-state index in [2.05, 4.69) is 48.5 Å². The summed E-state index contributed by atoms with van der Waals surface area (Å²) in [6.45, 7) is 11.9. The summed E-state index contributed by atoms with van der Waals surface area (Å²) in [6.07, 6.45) is 54.7. The Balaban J connectivity index is 5.11. The van der Waals surface area contributed by atoms with Gasteiger partial charge in [0.2, 0.25) is 0 Å². The van der Waals surface area contributed by atoms with Crippen LogP contribution in [0.2, 0.25) is 0 Å². The van der Waals surface area contributed by atoms with Crippen molar-refractivity contribution in [3.63, 3.8) is 0 Å². The molecule has 0 saturated heterocycles. The molecule has 570 valence electrons. The van der Waals surface area contributed by atoms with E-state index >= 15 is 0 Å². The maximum absolute atomic E-state index is 13.1. The normalized spacial score (nSPS) is 14.3. The molecule has 19 heteroatoms. The van der Waals surface area contributed by atoms with Gasteiger partial charge in [-0.05, 0) is 43.4 Å². The lowest BCUT2D eigenvalue weighted by molar-refractivity contribution is -0.161. The number of carbonyl (C=O) groups is 4. The molecule has 0 amide bonds. The molecular formula is C77H150O17P2. The number of hydrogen-bond acceptors (Lipinski definition) is 15. The predicted molar refractivity (Wildman–Crippen MR) is 391 cm³/mol. The highest BCUT2D eigenvalue weighted by molar-refractivity contribution is 7.47. The minimum absolute atomic E-state index is 0.104. The molecule has 0 aromatic rings. The van der Waals surface area contributed by atoms with Crippen LogP contribution in [0.1, 0.15) is 395 Å². The van der Waals surface area contributed by atoms with Gasteiger partial charge in [0.25, 0.3) is 0 Å². The first-order chi connectivity index (χ1) is 46.3. The fourth-order valence-corrected chi connectivity index (χ4v) is 13.3. The Morgan fingerprint density at radius 2 is 0.531 bits per heavy atom. The van der Waals surface area contributed by atoms with Crippen molar-refractivity contribution in [1.29, 1.82) is 0 Å². The molecule has 3 N–H and O–H groups in total. The van der Waals surface area contributed by atoms with E-state index < -0.39 is 97.5 Å². The van der Waals surface area contributed by atoms with Gasteiger partial charge in [0.1, 0.15) is 19.3 Å². The molecule has 17 nitrogen and oxygen atoms in total. The third-order valence-corrected chi connectivity index (χ3v) is 20.1. The summed E-state index contributed by atoms with van der Waals surface area (Å²) >= 11 is 0. The second-order valence-electron chi connectivity index (χ2n) is 28.9. The lowest BCUT2D eigenvalue weighted by Crippen LogP contribution is -2.30. The number of aliphatic hydroxyl groups is 1. The third kappa shape index (κ3) is 69.2. The largest absolute Gasteiger partial charge is 0.472 e. The average molecular weight is 1410 g/mol. The van der Waals surface area contributed by atoms with E-state index in [1.165, 1.54) is 199 Å². The van der Waals surface area contributed by atoms with Crippen LogP contribution in [-0.2, 0) is 65.4 Å². The van der Waals surface area contributed by atoms with Crippen molar-refractivity contribution in [2.45, 2.75) is 414 Å². The Hall–Kier alpha value is -1.94. The number of unbranched alkanes of at least 4 members (excludes halogenated alkanes) is 42. The summed E-state index contributed by atoms with van der Waals surface area (Å²) in [5.74, 6) is 0.266. The quantitative estimate of drug-likeness (QED) is 0.0222.